The van der Waals surface area contributed by atoms with Gasteiger partial charge in [0.1, 0.15) is 12.4 Å². The van der Waals surface area contributed by atoms with E-state index in [9.17, 15) is 9.59 Å². The highest BCUT2D eigenvalue weighted by Crippen LogP contribution is 2.19. The maximum Gasteiger partial charge on any atom is 0.305 e. The zero-order chi connectivity index (χ0) is 15.8. The van der Waals surface area contributed by atoms with Crippen LogP contribution in [0.5, 0.6) is 5.75 Å². The highest BCUT2D eigenvalue weighted by Gasteiger charge is 2.21. The van der Waals surface area contributed by atoms with Crippen LogP contribution in [0.2, 0.25) is 0 Å². The molecule has 1 aromatic rings. The first kappa shape index (κ1) is 16.8. The Labute approximate surface area is 124 Å². The number of aliphatic carboxylic acids is 1. The van der Waals surface area contributed by atoms with Gasteiger partial charge in [0.2, 0.25) is 0 Å². The average Bonchev–Trinajstić information content (AvgIpc) is 2.44. The summed E-state index contributed by atoms with van der Waals surface area (Å²) in [7, 11) is 0. The molecule has 1 amide bonds. The number of rotatable bonds is 8. The van der Waals surface area contributed by atoms with E-state index in [1.165, 1.54) is 0 Å². The summed E-state index contributed by atoms with van der Waals surface area (Å²) in [6.45, 7) is 7.60. The second-order valence-electron chi connectivity index (χ2n) is 5.02. The molecule has 0 fully saturated rings. The van der Waals surface area contributed by atoms with E-state index in [0.29, 0.717) is 17.9 Å². The van der Waals surface area contributed by atoms with Gasteiger partial charge >= 0.3 is 5.97 Å². The highest BCUT2D eigenvalue weighted by atomic mass is 16.5. The van der Waals surface area contributed by atoms with Crippen LogP contribution in [-0.2, 0) is 4.79 Å². The van der Waals surface area contributed by atoms with Gasteiger partial charge in [-0.15, -0.1) is 0 Å². The first-order chi connectivity index (χ1) is 9.95. The zero-order valence-corrected chi connectivity index (χ0v) is 12.3. The van der Waals surface area contributed by atoms with Crippen LogP contribution in [0.3, 0.4) is 0 Å². The van der Waals surface area contributed by atoms with E-state index in [0.717, 1.165) is 0 Å². The maximum atomic E-state index is 12.3. The van der Waals surface area contributed by atoms with E-state index in [1.54, 1.807) is 30.3 Å². The van der Waals surface area contributed by atoms with Gasteiger partial charge in [-0.25, -0.2) is 0 Å². The molecule has 0 aliphatic heterocycles. The molecule has 1 rings (SSSR count). The molecule has 114 valence electrons. The number of carbonyl (C=O) groups excluding carboxylic acids is 1. The molecule has 0 aliphatic rings. The lowest BCUT2D eigenvalue weighted by molar-refractivity contribution is -0.137. The monoisotopic (exact) mass is 291 g/mol. The van der Waals surface area contributed by atoms with Crippen molar-refractivity contribution >= 4 is 11.9 Å². The van der Waals surface area contributed by atoms with Gasteiger partial charge in [-0.2, -0.15) is 0 Å². The largest absolute Gasteiger partial charge is 0.489 e. The summed E-state index contributed by atoms with van der Waals surface area (Å²) in [6, 6.07) is 6.41. The number of benzene rings is 1. The predicted molar refractivity (Wildman–Crippen MR) is 80.5 cm³/mol. The first-order valence-corrected chi connectivity index (χ1v) is 6.81. The maximum absolute atomic E-state index is 12.3. The molecule has 5 heteroatoms. The van der Waals surface area contributed by atoms with Crippen LogP contribution in [0.15, 0.2) is 36.9 Å². The molecule has 1 aromatic carbocycles. The van der Waals surface area contributed by atoms with Crippen molar-refractivity contribution in [1.29, 1.82) is 0 Å². The fraction of sp³-hybridized carbons (Fsp3) is 0.375. The summed E-state index contributed by atoms with van der Waals surface area (Å²) in [5, 5.41) is 11.7. The molecule has 1 atom stereocenters. The molecule has 0 aliphatic carbocycles. The Morgan fingerprint density at radius 2 is 2.05 bits per heavy atom. The summed E-state index contributed by atoms with van der Waals surface area (Å²) < 4.78 is 5.44. The van der Waals surface area contributed by atoms with Gasteiger partial charge in [0, 0.05) is 6.04 Å². The standard InChI is InChI=1S/C16H21NO4/c1-4-9-21-14-8-6-5-7-12(14)16(20)17-13(11(2)3)10-15(18)19/h4-8,11,13H,1,9-10H2,2-3H3,(H,17,20)(H,18,19). The number of ether oxygens (including phenoxy) is 1. The van der Waals surface area contributed by atoms with Crippen molar-refractivity contribution in [1.82, 2.24) is 5.32 Å². The predicted octanol–water partition coefficient (Wildman–Crippen LogP) is 2.48. The first-order valence-electron chi connectivity index (χ1n) is 6.81. The average molecular weight is 291 g/mol. The fourth-order valence-corrected chi connectivity index (χ4v) is 1.82. The van der Waals surface area contributed by atoms with E-state index in [4.69, 9.17) is 9.84 Å². The molecule has 21 heavy (non-hydrogen) atoms. The fourth-order valence-electron chi connectivity index (χ4n) is 1.82. The molecule has 5 nitrogen and oxygen atoms in total. The number of nitrogens with one attached hydrogen (secondary N) is 1. The summed E-state index contributed by atoms with van der Waals surface area (Å²) in [4.78, 5) is 23.2. The smallest absolute Gasteiger partial charge is 0.305 e. The normalized spacial score (nSPS) is 11.8. The van der Waals surface area contributed by atoms with Crippen LogP contribution >= 0.6 is 0 Å². The third-order valence-electron chi connectivity index (χ3n) is 3.00. The van der Waals surface area contributed by atoms with Crippen LogP contribution in [0.4, 0.5) is 0 Å². The van der Waals surface area contributed by atoms with Crippen LogP contribution < -0.4 is 10.1 Å². The second kappa shape index (κ2) is 8.09. The minimum absolute atomic E-state index is 0.0197. The van der Waals surface area contributed by atoms with Crippen molar-refractivity contribution in [3.8, 4) is 5.75 Å². The van der Waals surface area contributed by atoms with Gasteiger partial charge in [0.25, 0.3) is 5.91 Å². The molecule has 0 bridgehead atoms. The lowest BCUT2D eigenvalue weighted by Gasteiger charge is -2.21. The molecule has 1 unspecified atom stereocenters. The third kappa shape index (κ3) is 5.30. The van der Waals surface area contributed by atoms with E-state index < -0.39 is 12.0 Å². The summed E-state index contributed by atoms with van der Waals surface area (Å²) >= 11 is 0. The summed E-state index contributed by atoms with van der Waals surface area (Å²) in [6.07, 6.45) is 1.48. The number of para-hydroxylation sites is 1. The summed E-state index contributed by atoms with van der Waals surface area (Å²) in [5.74, 6) is -0.807. The van der Waals surface area contributed by atoms with Crippen LogP contribution in [-0.4, -0.2) is 29.6 Å². The Hall–Kier alpha value is -2.30. The van der Waals surface area contributed by atoms with Crippen molar-refractivity contribution < 1.29 is 19.4 Å². The molecule has 0 radical (unpaired) electrons. The van der Waals surface area contributed by atoms with Crippen LogP contribution in [0.1, 0.15) is 30.6 Å². The Morgan fingerprint density at radius 1 is 1.38 bits per heavy atom. The molecule has 0 saturated heterocycles. The van der Waals surface area contributed by atoms with Gasteiger partial charge < -0.3 is 15.2 Å². The number of hydrogen-bond acceptors (Lipinski definition) is 3. The quantitative estimate of drug-likeness (QED) is 0.721. The number of carboxylic acid groups (broad SMARTS) is 1. The van der Waals surface area contributed by atoms with Gasteiger partial charge in [0.05, 0.1) is 12.0 Å². The Morgan fingerprint density at radius 3 is 2.62 bits per heavy atom. The molecule has 0 heterocycles. The van der Waals surface area contributed by atoms with Gasteiger partial charge in [-0.05, 0) is 18.1 Å². The lowest BCUT2D eigenvalue weighted by Crippen LogP contribution is -2.40. The molecule has 0 saturated carbocycles. The van der Waals surface area contributed by atoms with E-state index >= 15 is 0 Å². The van der Waals surface area contributed by atoms with Crippen molar-refractivity contribution in [2.45, 2.75) is 26.3 Å². The van der Waals surface area contributed by atoms with E-state index in [1.807, 2.05) is 13.8 Å². The van der Waals surface area contributed by atoms with Crippen LogP contribution in [0.25, 0.3) is 0 Å². The van der Waals surface area contributed by atoms with E-state index in [2.05, 4.69) is 11.9 Å². The highest BCUT2D eigenvalue weighted by molar-refractivity contribution is 5.97. The third-order valence-corrected chi connectivity index (χ3v) is 3.00. The number of hydrogen-bond donors (Lipinski definition) is 2. The van der Waals surface area contributed by atoms with Crippen molar-refractivity contribution in [3.63, 3.8) is 0 Å². The molecule has 2 N–H and O–H groups in total. The van der Waals surface area contributed by atoms with Crippen molar-refractivity contribution in [2.75, 3.05) is 6.61 Å². The Kier molecular flexibility index (Phi) is 6.46. The topological polar surface area (TPSA) is 75.6 Å². The van der Waals surface area contributed by atoms with Crippen LogP contribution in [0, 0.1) is 5.92 Å². The minimum Gasteiger partial charge on any atom is -0.489 e. The van der Waals surface area contributed by atoms with Gasteiger partial charge in [0.15, 0.2) is 0 Å². The van der Waals surface area contributed by atoms with Crippen molar-refractivity contribution in [2.24, 2.45) is 5.92 Å². The molecule has 0 aromatic heterocycles. The zero-order valence-electron chi connectivity index (χ0n) is 12.3. The lowest BCUT2D eigenvalue weighted by atomic mass is 10.0. The molecule has 0 spiro atoms. The number of carboxylic acids is 1. The SMILES string of the molecule is C=CCOc1ccccc1C(=O)NC(CC(=O)O)C(C)C. The number of amides is 1. The van der Waals surface area contributed by atoms with Gasteiger partial charge in [-0.3, -0.25) is 9.59 Å². The molecular formula is C16H21NO4. The molecular weight excluding hydrogens is 270 g/mol. The summed E-state index contributed by atoms with van der Waals surface area (Å²) in [5.41, 5.74) is 0.385. The number of carbonyl (C=O) groups is 2. The Bertz CT molecular complexity index is 511. The van der Waals surface area contributed by atoms with Gasteiger partial charge in [-0.1, -0.05) is 38.6 Å². The Balaban J connectivity index is 2.86. The second-order valence-corrected chi connectivity index (χ2v) is 5.02. The van der Waals surface area contributed by atoms with E-state index in [-0.39, 0.29) is 18.2 Å². The van der Waals surface area contributed by atoms with Crippen molar-refractivity contribution in [3.05, 3.63) is 42.5 Å². The minimum atomic E-state index is -0.940.